The van der Waals surface area contributed by atoms with Gasteiger partial charge in [0.1, 0.15) is 5.82 Å². The second kappa shape index (κ2) is 3.38. The van der Waals surface area contributed by atoms with Crippen LogP contribution in [-0.4, -0.2) is 19.1 Å². The number of aryl methyl sites for hydroxylation is 1. The smallest absolute Gasteiger partial charge is 0.129 e. The number of hydrogen-bond donors (Lipinski definition) is 0. The zero-order chi connectivity index (χ0) is 8.43. The Balaban J connectivity index is 3.08. The Labute approximate surface area is 80.8 Å². The molecule has 0 atom stereocenters. The molecule has 0 radical (unpaired) electrons. The topological polar surface area (TPSA) is 16.1 Å². The maximum atomic E-state index is 4.35. The quantitative estimate of drug-likeness (QED) is 0.720. The maximum absolute atomic E-state index is 4.35. The normalized spacial score (nSPS) is 9.82. The van der Waals surface area contributed by atoms with Crippen LogP contribution in [0.1, 0.15) is 5.69 Å². The van der Waals surface area contributed by atoms with Crippen LogP contribution in [0.3, 0.4) is 0 Å². The molecule has 0 aliphatic heterocycles. The molecule has 0 aromatic carbocycles. The molecule has 1 rings (SSSR count). The molecule has 0 aliphatic carbocycles. The molecular weight excluding hydrogens is 251 g/mol. The molecule has 0 unspecified atom stereocenters. The fourth-order valence-electron chi connectivity index (χ4n) is 0.839. The van der Waals surface area contributed by atoms with E-state index in [-0.39, 0.29) is 0 Å². The highest BCUT2D eigenvalue weighted by atomic mass is 127. The van der Waals surface area contributed by atoms with E-state index in [0.29, 0.717) is 0 Å². The number of hydrogen-bond acceptors (Lipinski definition) is 2. The second-order valence-electron chi connectivity index (χ2n) is 2.68. The molecule has 1 heterocycles. The molecule has 0 fully saturated rings. The molecule has 0 N–H and O–H groups in total. The van der Waals surface area contributed by atoms with Crippen LogP contribution in [0.5, 0.6) is 0 Å². The number of nitrogens with zero attached hydrogens (tertiary/aromatic N) is 2. The molecule has 1 aromatic heterocycles. The number of anilines is 1. The van der Waals surface area contributed by atoms with Crippen molar-refractivity contribution >= 4 is 28.4 Å². The molecule has 0 saturated carbocycles. The average molecular weight is 262 g/mol. The molecule has 1 aromatic rings. The zero-order valence-corrected chi connectivity index (χ0v) is 9.08. The number of rotatable bonds is 1. The lowest BCUT2D eigenvalue weighted by atomic mass is 10.4. The fraction of sp³-hybridized carbons (Fsp3) is 0.375. The van der Waals surface area contributed by atoms with Crippen molar-refractivity contribution < 1.29 is 0 Å². The number of pyridine rings is 1. The Bertz CT molecular complexity index is 238. The Morgan fingerprint density at radius 1 is 1.36 bits per heavy atom. The molecule has 3 heteroatoms. The van der Waals surface area contributed by atoms with Crippen molar-refractivity contribution in [3.63, 3.8) is 0 Å². The fourth-order valence-corrected chi connectivity index (χ4v) is 1.57. The first kappa shape index (κ1) is 8.77. The van der Waals surface area contributed by atoms with Gasteiger partial charge in [0, 0.05) is 23.4 Å². The highest BCUT2D eigenvalue weighted by Crippen LogP contribution is 2.13. The lowest BCUT2D eigenvalue weighted by Gasteiger charge is -2.11. The third-order valence-corrected chi connectivity index (χ3v) is 1.99. The number of aromatic nitrogens is 1. The van der Waals surface area contributed by atoms with Crippen molar-refractivity contribution in [2.75, 3.05) is 19.0 Å². The molecule has 0 spiro atoms. The van der Waals surface area contributed by atoms with Crippen LogP contribution in [0.2, 0.25) is 0 Å². The van der Waals surface area contributed by atoms with Crippen LogP contribution in [0.15, 0.2) is 12.1 Å². The summed E-state index contributed by atoms with van der Waals surface area (Å²) in [4.78, 5) is 6.36. The van der Waals surface area contributed by atoms with Crippen LogP contribution in [0, 0.1) is 10.5 Å². The molecule has 2 nitrogen and oxygen atoms in total. The van der Waals surface area contributed by atoms with Gasteiger partial charge in [-0.2, -0.15) is 0 Å². The van der Waals surface area contributed by atoms with E-state index in [4.69, 9.17) is 0 Å². The largest absolute Gasteiger partial charge is 0.363 e. The Morgan fingerprint density at radius 3 is 2.45 bits per heavy atom. The van der Waals surface area contributed by atoms with Crippen molar-refractivity contribution in [1.29, 1.82) is 0 Å². The molecule has 60 valence electrons. The summed E-state index contributed by atoms with van der Waals surface area (Å²) in [5.74, 6) is 1.02. The summed E-state index contributed by atoms with van der Waals surface area (Å²) >= 11 is 2.30. The highest BCUT2D eigenvalue weighted by molar-refractivity contribution is 14.1. The third kappa shape index (κ3) is 2.32. The number of halogens is 1. The zero-order valence-electron chi connectivity index (χ0n) is 6.93. The summed E-state index contributed by atoms with van der Waals surface area (Å²) in [6.07, 6.45) is 0. The third-order valence-electron chi connectivity index (χ3n) is 1.36. The molecule has 0 amide bonds. The highest BCUT2D eigenvalue weighted by Gasteiger charge is 1.98. The van der Waals surface area contributed by atoms with Crippen molar-refractivity contribution in [1.82, 2.24) is 4.98 Å². The van der Waals surface area contributed by atoms with E-state index >= 15 is 0 Å². The molecule has 0 bridgehead atoms. The summed E-state index contributed by atoms with van der Waals surface area (Å²) < 4.78 is 1.24. The van der Waals surface area contributed by atoms with Gasteiger partial charge in [0.2, 0.25) is 0 Å². The maximum Gasteiger partial charge on any atom is 0.129 e. The monoisotopic (exact) mass is 262 g/mol. The van der Waals surface area contributed by atoms with Gasteiger partial charge in [-0.1, -0.05) is 0 Å². The van der Waals surface area contributed by atoms with Crippen LogP contribution >= 0.6 is 22.6 Å². The molecular formula is C8H11IN2. The summed E-state index contributed by atoms with van der Waals surface area (Å²) in [5.41, 5.74) is 1.07. The van der Waals surface area contributed by atoms with E-state index in [9.17, 15) is 0 Å². The average Bonchev–Trinajstić information content (AvgIpc) is 1.85. The van der Waals surface area contributed by atoms with E-state index in [1.165, 1.54) is 3.57 Å². The van der Waals surface area contributed by atoms with Gasteiger partial charge in [0.15, 0.2) is 0 Å². The molecule has 0 saturated heterocycles. The van der Waals surface area contributed by atoms with Crippen LogP contribution in [0.25, 0.3) is 0 Å². The second-order valence-corrected chi connectivity index (χ2v) is 3.93. The van der Waals surface area contributed by atoms with E-state index in [1.54, 1.807) is 0 Å². The molecule has 11 heavy (non-hydrogen) atoms. The van der Waals surface area contributed by atoms with Gasteiger partial charge in [0.25, 0.3) is 0 Å². The molecule has 0 aliphatic rings. The Kier molecular flexibility index (Phi) is 2.70. The van der Waals surface area contributed by atoms with E-state index in [0.717, 1.165) is 11.5 Å². The van der Waals surface area contributed by atoms with Crippen LogP contribution in [-0.2, 0) is 0 Å². The van der Waals surface area contributed by atoms with Crippen molar-refractivity contribution in [3.8, 4) is 0 Å². The summed E-state index contributed by atoms with van der Waals surface area (Å²) in [5, 5.41) is 0. The summed E-state index contributed by atoms with van der Waals surface area (Å²) in [6.45, 7) is 2.01. The van der Waals surface area contributed by atoms with Gasteiger partial charge in [0.05, 0.1) is 0 Å². The van der Waals surface area contributed by atoms with Gasteiger partial charge in [-0.3, -0.25) is 0 Å². The SMILES string of the molecule is Cc1cc(I)cc(N(C)C)n1. The first-order valence-corrected chi connectivity index (χ1v) is 4.49. The van der Waals surface area contributed by atoms with E-state index in [2.05, 4.69) is 39.7 Å². The van der Waals surface area contributed by atoms with Crippen molar-refractivity contribution in [2.24, 2.45) is 0 Å². The first-order valence-electron chi connectivity index (χ1n) is 3.41. The minimum Gasteiger partial charge on any atom is -0.363 e. The Morgan fingerprint density at radius 2 is 2.00 bits per heavy atom. The van der Waals surface area contributed by atoms with Gasteiger partial charge in [-0.15, -0.1) is 0 Å². The van der Waals surface area contributed by atoms with Crippen LogP contribution < -0.4 is 4.90 Å². The van der Waals surface area contributed by atoms with Crippen molar-refractivity contribution in [3.05, 3.63) is 21.4 Å². The lowest BCUT2D eigenvalue weighted by Crippen LogP contribution is -2.11. The predicted octanol–water partition coefficient (Wildman–Crippen LogP) is 2.06. The van der Waals surface area contributed by atoms with Crippen molar-refractivity contribution in [2.45, 2.75) is 6.92 Å². The standard InChI is InChI=1S/C8H11IN2/c1-6-4-7(9)5-8(10-6)11(2)3/h4-5H,1-3H3. The Hall–Kier alpha value is -0.320. The van der Waals surface area contributed by atoms with Gasteiger partial charge in [-0.05, 0) is 41.6 Å². The summed E-state index contributed by atoms with van der Waals surface area (Å²) in [7, 11) is 4.00. The predicted molar refractivity (Wildman–Crippen MR) is 56.0 cm³/mol. The van der Waals surface area contributed by atoms with Crippen LogP contribution in [0.4, 0.5) is 5.82 Å². The first-order chi connectivity index (χ1) is 5.09. The van der Waals surface area contributed by atoms with E-state index < -0.39 is 0 Å². The minimum absolute atomic E-state index is 1.02. The van der Waals surface area contributed by atoms with Gasteiger partial charge < -0.3 is 4.90 Å². The lowest BCUT2D eigenvalue weighted by molar-refractivity contribution is 1.04. The van der Waals surface area contributed by atoms with Gasteiger partial charge in [-0.25, -0.2) is 4.98 Å². The van der Waals surface area contributed by atoms with Gasteiger partial charge >= 0.3 is 0 Å². The summed E-state index contributed by atoms with van der Waals surface area (Å²) in [6, 6.07) is 4.13. The minimum atomic E-state index is 1.02. The van der Waals surface area contributed by atoms with E-state index in [1.807, 2.05) is 25.9 Å².